The molecule has 8 nitrogen and oxygen atoms in total. The smallest absolute Gasteiger partial charge is 0.340 e. The van der Waals surface area contributed by atoms with Gasteiger partial charge in [-0.3, -0.25) is 9.59 Å². The second-order valence-electron chi connectivity index (χ2n) is 10.2. The lowest BCUT2D eigenvalue weighted by Gasteiger charge is -2.30. The van der Waals surface area contributed by atoms with Crippen molar-refractivity contribution in [2.45, 2.75) is 45.8 Å². The zero-order valence-corrected chi connectivity index (χ0v) is 24.1. The van der Waals surface area contributed by atoms with E-state index in [0.717, 1.165) is 52.2 Å². The molecule has 0 bridgehead atoms. The van der Waals surface area contributed by atoms with Gasteiger partial charge in [0.2, 0.25) is 0 Å². The molecule has 218 valence electrons. The third kappa shape index (κ3) is 7.50. The van der Waals surface area contributed by atoms with Crippen molar-refractivity contribution in [1.29, 1.82) is 0 Å². The highest BCUT2D eigenvalue weighted by molar-refractivity contribution is 6.33. The van der Waals surface area contributed by atoms with Crippen molar-refractivity contribution in [2.75, 3.05) is 13.2 Å². The number of rotatable bonds is 11. The summed E-state index contributed by atoms with van der Waals surface area (Å²) in [6.07, 6.45) is 5.06. The van der Waals surface area contributed by atoms with Gasteiger partial charge in [0.25, 0.3) is 5.91 Å². The molecule has 1 unspecified atom stereocenters. The van der Waals surface area contributed by atoms with Gasteiger partial charge >= 0.3 is 11.9 Å². The number of carbonyl (C=O) groups is 3. The molecule has 0 saturated carbocycles. The van der Waals surface area contributed by atoms with E-state index >= 15 is 0 Å². The SMILES string of the molecule is CC(=O)OCCOc1ccc(-c2cccc(COc3ccc(CN4OC(=O)C(C5=CCCC5)CC4=O)cc3)c2)c(Cl)c1. The summed E-state index contributed by atoms with van der Waals surface area (Å²) in [5.41, 5.74) is 4.62. The Morgan fingerprint density at radius 1 is 0.976 bits per heavy atom. The normalized spacial score (nSPS) is 16.6. The molecule has 1 amide bonds. The van der Waals surface area contributed by atoms with Crippen LogP contribution < -0.4 is 9.47 Å². The van der Waals surface area contributed by atoms with Crippen molar-refractivity contribution >= 4 is 29.4 Å². The standard InChI is InChI=1S/C33H32ClNO7/c1-22(36)39-15-16-40-28-13-14-29(31(34)18-28)26-8-4-5-24(17-26)21-41-27-11-9-23(10-12-27)20-35-32(37)19-30(33(38)42-35)25-6-2-3-7-25/h4-6,8-14,17-18,30H,2-3,7,15-16,19-21H2,1H3. The van der Waals surface area contributed by atoms with Gasteiger partial charge in [-0.15, -0.1) is 0 Å². The summed E-state index contributed by atoms with van der Waals surface area (Å²) in [7, 11) is 0. The number of nitrogens with zero attached hydrogens (tertiary/aromatic N) is 1. The van der Waals surface area contributed by atoms with Crippen LogP contribution in [-0.4, -0.2) is 36.1 Å². The van der Waals surface area contributed by atoms with Crippen molar-refractivity contribution in [2.24, 2.45) is 5.92 Å². The average Bonchev–Trinajstić information content (AvgIpc) is 3.52. The largest absolute Gasteiger partial charge is 0.490 e. The van der Waals surface area contributed by atoms with Gasteiger partial charge in [-0.25, -0.2) is 4.79 Å². The predicted octanol–water partition coefficient (Wildman–Crippen LogP) is 6.44. The molecule has 9 heteroatoms. The molecular weight excluding hydrogens is 558 g/mol. The number of ether oxygens (including phenoxy) is 3. The molecule has 1 aliphatic heterocycles. The van der Waals surface area contributed by atoms with Gasteiger partial charge in [0, 0.05) is 18.9 Å². The van der Waals surface area contributed by atoms with Crippen LogP contribution in [0, 0.1) is 5.92 Å². The highest BCUT2D eigenvalue weighted by Crippen LogP contribution is 2.33. The highest BCUT2D eigenvalue weighted by atomic mass is 35.5. The Kier molecular flexibility index (Phi) is 9.44. The lowest BCUT2D eigenvalue weighted by atomic mass is 9.94. The topological polar surface area (TPSA) is 91.4 Å². The number of allylic oxidation sites excluding steroid dienone is 1. The Morgan fingerprint density at radius 2 is 1.79 bits per heavy atom. The highest BCUT2D eigenvalue weighted by Gasteiger charge is 2.37. The molecule has 1 fully saturated rings. The number of benzene rings is 3. The fourth-order valence-electron chi connectivity index (χ4n) is 5.01. The quantitative estimate of drug-likeness (QED) is 0.144. The number of amides is 1. The molecule has 3 aromatic rings. The first-order valence-electron chi connectivity index (χ1n) is 13.9. The monoisotopic (exact) mass is 589 g/mol. The Morgan fingerprint density at radius 3 is 2.52 bits per heavy atom. The van der Waals surface area contributed by atoms with Gasteiger partial charge in [-0.1, -0.05) is 53.6 Å². The summed E-state index contributed by atoms with van der Waals surface area (Å²) in [6, 6.07) is 20.7. The van der Waals surface area contributed by atoms with E-state index in [-0.39, 0.29) is 44.0 Å². The van der Waals surface area contributed by atoms with Gasteiger partial charge in [-0.05, 0) is 72.4 Å². The summed E-state index contributed by atoms with van der Waals surface area (Å²) in [5.74, 6) is -0.0706. The zero-order valence-electron chi connectivity index (χ0n) is 23.3. The average molecular weight is 590 g/mol. The fourth-order valence-corrected chi connectivity index (χ4v) is 5.29. The molecule has 1 aliphatic carbocycles. The molecule has 1 heterocycles. The number of carbonyl (C=O) groups excluding carboxylic acids is 3. The minimum atomic E-state index is -0.445. The van der Waals surface area contributed by atoms with Crippen LogP contribution in [0.15, 0.2) is 78.4 Å². The molecule has 0 aromatic heterocycles. The molecule has 1 atom stereocenters. The lowest BCUT2D eigenvalue weighted by Crippen LogP contribution is -2.43. The van der Waals surface area contributed by atoms with E-state index in [4.69, 9.17) is 30.6 Å². The maximum atomic E-state index is 12.6. The first-order chi connectivity index (χ1) is 20.4. The van der Waals surface area contributed by atoms with Crippen molar-refractivity contribution in [3.63, 3.8) is 0 Å². The van der Waals surface area contributed by atoms with Gasteiger partial charge in [0.15, 0.2) is 0 Å². The molecule has 3 aromatic carbocycles. The van der Waals surface area contributed by atoms with Crippen LogP contribution in [0.25, 0.3) is 11.1 Å². The molecular formula is C33H32ClNO7. The number of hydrogen-bond donors (Lipinski definition) is 0. The summed E-state index contributed by atoms with van der Waals surface area (Å²) in [6.45, 7) is 2.31. The van der Waals surface area contributed by atoms with Gasteiger partial charge in [0.05, 0.1) is 17.5 Å². The molecule has 0 spiro atoms. The Labute approximate surface area is 249 Å². The van der Waals surface area contributed by atoms with E-state index < -0.39 is 5.92 Å². The van der Waals surface area contributed by atoms with E-state index in [0.29, 0.717) is 23.1 Å². The minimum absolute atomic E-state index is 0.158. The Hall–Kier alpha value is -4.30. The molecule has 5 rings (SSSR count). The van der Waals surface area contributed by atoms with E-state index in [1.54, 1.807) is 6.07 Å². The van der Waals surface area contributed by atoms with Crippen LogP contribution in [0.5, 0.6) is 11.5 Å². The number of hydrogen-bond acceptors (Lipinski definition) is 7. The maximum absolute atomic E-state index is 12.6. The van der Waals surface area contributed by atoms with Crippen LogP contribution in [-0.2, 0) is 37.1 Å². The fraction of sp³-hybridized carbons (Fsp3) is 0.303. The Bertz CT molecular complexity index is 1480. The summed E-state index contributed by atoms with van der Waals surface area (Å²) in [5, 5.41) is 1.69. The van der Waals surface area contributed by atoms with Crippen LogP contribution >= 0.6 is 11.6 Å². The molecule has 0 N–H and O–H groups in total. The molecule has 2 aliphatic rings. The second kappa shape index (κ2) is 13.6. The van der Waals surface area contributed by atoms with Crippen molar-refractivity contribution in [1.82, 2.24) is 5.06 Å². The van der Waals surface area contributed by atoms with Crippen molar-refractivity contribution in [3.8, 4) is 22.6 Å². The Balaban J connectivity index is 1.13. The summed E-state index contributed by atoms with van der Waals surface area (Å²) in [4.78, 5) is 41.4. The maximum Gasteiger partial charge on any atom is 0.340 e. The van der Waals surface area contributed by atoms with Crippen molar-refractivity contribution in [3.05, 3.63) is 94.5 Å². The molecule has 42 heavy (non-hydrogen) atoms. The van der Waals surface area contributed by atoms with E-state index in [1.807, 2.05) is 60.7 Å². The predicted molar refractivity (Wildman–Crippen MR) is 156 cm³/mol. The van der Waals surface area contributed by atoms with Gasteiger partial charge in [-0.2, -0.15) is 5.06 Å². The summed E-state index contributed by atoms with van der Waals surface area (Å²) < 4.78 is 16.5. The molecule has 0 radical (unpaired) electrons. The molecule has 1 saturated heterocycles. The minimum Gasteiger partial charge on any atom is -0.490 e. The first kappa shape index (κ1) is 29.2. The van der Waals surface area contributed by atoms with Crippen LogP contribution in [0.1, 0.15) is 43.7 Å². The first-order valence-corrected chi connectivity index (χ1v) is 14.3. The lowest BCUT2D eigenvalue weighted by molar-refractivity contribution is -0.213. The zero-order chi connectivity index (χ0) is 29.5. The number of halogens is 1. The third-order valence-corrected chi connectivity index (χ3v) is 7.47. The summed E-state index contributed by atoms with van der Waals surface area (Å²) >= 11 is 6.54. The van der Waals surface area contributed by atoms with Crippen molar-refractivity contribution < 1.29 is 33.4 Å². The van der Waals surface area contributed by atoms with Crippen LogP contribution in [0.4, 0.5) is 0 Å². The van der Waals surface area contributed by atoms with Gasteiger partial charge in [0.1, 0.15) is 31.3 Å². The van der Waals surface area contributed by atoms with E-state index in [2.05, 4.69) is 6.08 Å². The number of hydroxylamine groups is 2. The van der Waals surface area contributed by atoms with Crippen LogP contribution in [0.2, 0.25) is 5.02 Å². The number of esters is 1. The van der Waals surface area contributed by atoms with Crippen LogP contribution in [0.3, 0.4) is 0 Å². The van der Waals surface area contributed by atoms with Gasteiger partial charge < -0.3 is 19.0 Å². The third-order valence-electron chi connectivity index (χ3n) is 7.16. The van der Waals surface area contributed by atoms with E-state index in [9.17, 15) is 14.4 Å². The van der Waals surface area contributed by atoms with E-state index in [1.165, 1.54) is 6.92 Å². The second-order valence-corrected chi connectivity index (χ2v) is 10.6.